The molecule has 0 radical (unpaired) electrons. The molecular weight excluding hydrogens is 388 g/mol. The minimum absolute atomic E-state index is 0.150. The van der Waals surface area contributed by atoms with Gasteiger partial charge in [-0.25, -0.2) is 0 Å². The lowest BCUT2D eigenvalue weighted by atomic mass is 9.80. The van der Waals surface area contributed by atoms with Crippen LogP contribution in [0.5, 0.6) is 34.5 Å². The fraction of sp³-hybridized carbons (Fsp3) is 0.348. The summed E-state index contributed by atoms with van der Waals surface area (Å²) in [6.07, 6.45) is -0.187. The summed E-state index contributed by atoms with van der Waals surface area (Å²) < 4.78 is 28.8. The van der Waals surface area contributed by atoms with Crippen LogP contribution in [-0.2, 0) is 6.42 Å². The summed E-state index contributed by atoms with van der Waals surface area (Å²) in [7, 11) is 3.08. The van der Waals surface area contributed by atoms with Crippen LogP contribution in [0, 0.1) is 0 Å². The van der Waals surface area contributed by atoms with Gasteiger partial charge in [0.25, 0.3) is 0 Å². The van der Waals surface area contributed by atoms with E-state index in [0.29, 0.717) is 40.7 Å². The monoisotopic (exact) mass is 410 g/mol. The standard InChI is InChI=1S/C23H22O7/c1-10(2)14-6-12-16(29-14)7-13(24)21-22(25)20-11-5-17(26-3)18(27-4)8-15(11)28-9-19(20)30-23(12)21/h5,7-8,14,19-20,24H,1,6,9H2,2-4H3/t14-,19-,20-/m0/s1. The molecular formula is C23H22O7. The molecule has 3 aliphatic rings. The Morgan fingerprint density at radius 1 is 1.13 bits per heavy atom. The average Bonchev–Trinajstić information content (AvgIpc) is 3.16. The Bertz CT molecular complexity index is 1090. The number of benzene rings is 2. The maximum absolute atomic E-state index is 13.6. The summed E-state index contributed by atoms with van der Waals surface area (Å²) in [5, 5.41) is 10.7. The topological polar surface area (TPSA) is 83.5 Å². The largest absolute Gasteiger partial charge is 0.507 e. The average molecular weight is 410 g/mol. The van der Waals surface area contributed by atoms with E-state index in [2.05, 4.69) is 6.58 Å². The zero-order chi connectivity index (χ0) is 21.2. The quantitative estimate of drug-likeness (QED) is 0.777. The number of aromatic hydroxyl groups is 1. The number of methoxy groups -OCH3 is 2. The van der Waals surface area contributed by atoms with E-state index in [1.54, 1.807) is 19.2 Å². The highest BCUT2D eigenvalue weighted by molar-refractivity contribution is 6.08. The number of phenolic OH excluding ortho intramolecular Hbond substituents is 1. The minimum Gasteiger partial charge on any atom is -0.507 e. The third kappa shape index (κ3) is 2.54. The van der Waals surface area contributed by atoms with Gasteiger partial charge in [0.05, 0.1) is 20.1 Å². The van der Waals surface area contributed by atoms with Gasteiger partial charge in [0.15, 0.2) is 17.3 Å². The molecule has 0 aliphatic carbocycles. The molecule has 2 aromatic rings. The van der Waals surface area contributed by atoms with E-state index in [1.807, 2.05) is 6.92 Å². The van der Waals surface area contributed by atoms with Gasteiger partial charge < -0.3 is 28.8 Å². The van der Waals surface area contributed by atoms with Crippen LogP contribution in [0.25, 0.3) is 0 Å². The van der Waals surface area contributed by atoms with Crippen LogP contribution in [0.1, 0.15) is 34.3 Å². The molecule has 156 valence electrons. The summed E-state index contributed by atoms with van der Waals surface area (Å²) >= 11 is 0. The number of carbonyl (C=O) groups excluding carboxylic acids is 1. The number of hydrogen-bond acceptors (Lipinski definition) is 7. The van der Waals surface area contributed by atoms with Gasteiger partial charge in [-0.15, -0.1) is 0 Å². The molecule has 7 nitrogen and oxygen atoms in total. The van der Waals surface area contributed by atoms with Crippen molar-refractivity contribution in [1.82, 2.24) is 0 Å². The van der Waals surface area contributed by atoms with Crippen molar-refractivity contribution in [2.45, 2.75) is 31.5 Å². The number of ketones is 1. The molecule has 1 N–H and O–H groups in total. The van der Waals surface area contributed by atoms with Crippen LogP contribution in [0.2, 0.25) is 0 Å². The number of Topliss-reactive ketones (excluding diaryl/α,β-unsaturated/α-hetero) is 1. The second kappa shape index (κ2) is 6.58. The number of hydrogen-bond donors (Lipinski definition) is 1. The molecule has 0 saturated carbocycles. The van der Waals surface area contributed by atoms with Gasteiger partial charge >= 0.3 is 0 Å². The first-order chi connectivity index (χ1) is 14.4. The van der Waals surface area contributed by atoms with E-state index in [4.69, 9.17) is 23.7 Å². The summed E-state index contributed by atoms with van der Waals surface area (Å²) in [6.45, 7) is 6.04. The van der Waals surface area contributed by atoms with Gasteiger partial charge in [-0.1, -0.05) is 6.58 Å². The molecule has 0 amide bonds. The van der Waals surface area contributed by atoms with Crippen LogP contribution in [0.15, 0.2) is 30.4 Å². The molecule has 3 aliphatic heterocycles. The molecule has 2 aromatic carbocycles. The van der Waals surface area contributed by atoms with E-state index in [0.717, 1.165) is 11.1 Å². The number of ether oxygens (including phenoxy) is 5. The predicted molar refractivity (Wildman–Crippen MR) is 108 cm³/mol. The van der Waals surface area contributed by atoms with Crippen molar-refractivity contribution in [1.29, 1.82) is 0 Å². The molecule has 3 atom stereocenters. The summed E-state index contributed by atoms with van der Waals surface area (Å²) in [5.41, 5.74) is 2.48. The molecule has 0 fully saturated rings. The lowest BCUT2D eigenvalue weighted by Crippen LogP contribution is -2.43. The molecule has 30 heavy (non-hydrogen) atoms. The first kappa shape index (κ1) is 18.7. The van der Waals surface area contributed by atoms with E-state index in [9.17, 15) is 9.90 Å². The molecule has 0 saturated heterocycles. The van der Waals surface area contributed by atoms with Crippen LogP contribution in [0.3, 0.4) is 0 Å². The van der Waals surface area contributed by atoms with Crippen LogP contribution in [-0.4, -0.2) is 43.9 Å². The molecule has 0 bridgehead atoms. The van der Waals surface area contributed by atoms with Gasteiger partial charge in [0, 0.05) is 29.7 Å². The van der Waals surface area contributed by atoms with Crippen molar-refractivity contribution in [2.75, 3.05) is 20.8 Å². The smallest absolute Gasteiger partial charge is 0.181 e. The third-order valence-electron chi connectivity index (χ3n) is 5.95. The molecule has 0 unspecified atom stereocenters. The summed E-state index contributed by atoms with van der Waals surface area (Å²) in [5.74, 6) is 1.48. The maximum Gasteiger partial charge on any atom is 0.181 e. The Morgan fingerprint density at radius 3 is 2.57 bits per heavy atom. The zero-order valence-electron chi connectivity index (χ0n) is 17.0. The van der Waals surface area contributed by atoms with Crippen molar-refractivity contribution in [3.8, 4) is 34.5 Å². The SMILES string of the molecule is C=C(C)[C@@H]1Cc2c(cc(O)c3c2O[C@H]2COc4cc(OC)c(OC)cc4[C@@H]2C3=O)O1. The van der Waals surface area contributed by atoms with Gasteiger partial charge in [0.1, 0.15) is 47.4 Å². The van der Waals surface area contributed by atoms with Gasteiger partial charge in [-0.2, -0.15) is 0 Å². The van der Waals surface area contributed by atoms with Crippen molar-refractivity contribution in [3.05, 3.63) is 47.0 Å². The zero-order valence-corrected chi connectivity index (χ0v) is 17.0. The molecule has 0 aromatic heterocycles. The molecule has 3 heterocycles. The molecule has 0 spiro atoms. The Morgan fingerprint density at radius 2 is 1.87 bits per heavy atom. The highest BCUT2D eigenvalue weighted by atomic mass is 16.5. The lowest BCUT2D eigenvalue weighted by molar-refractivity contribution is 0.0549. The number of carbonyl (C=O) groups is 1. The first-order valence-electron chi connectivity index (χ1n) is 9.73. The van der Waals surface area contributed by atoms with E-state index in [1.165, 1.54) is 13.2 Å². The number of rotatable bonds is 3. The van der Waals surface area contributed by atoms with Gasteiger partial charge in [-0.05, 0) is 18.6 Å². The van der Waals surface area contributed by atoms with Crippen molar-refractivity contribution < 1.29 is 33.6 Å². The molecule has 7 heteroatoms. The van der Waals surface area contributed by atoms with E-state index in [-0.39, 0.29) is 29.8 Å². The van der Waals surface area contributed by atoms with Gasteiger partial charge in [-0.3, -0.25) is 4.79 Å². The van der Waals surface area contributed by atoms with Crippen LogP contribution >= 0.6 is 0 Å². The lowest BCUT2D eigenvalue weighted by Gasteiger charge is -2.37. The highest BCUT2D eigenvalue weighted by Crippen LogP contribution is 2.52. The fourth-order valence-electron chi connectivity index (χ4n) is 4.42. The Kier molecular flexibility index (Phi) is 4.10. The Balaban J connectivity index is 1.62. The minimum atomic E-state index is -0.621. The van der Waals surface area contributed by atoms with Crippen molar-refractivity contribution in [2.24, 2.45) is 0 Å². The second-order valence-corrected chi connectivity index (χ2v) is 7.79. The van der Waals surface area contributed by atoms with E-state index >= 15 is 0 Å². The van der Waals surface area contributed by atoms with Gasteiger partial charge in [0.2, 0.25) is 0 Å². The van der Waals surface area contributed by atoms with Crippen molar-refractivity contribution in [3.63, 3.8) is 0 Å². The van der Waals surface area contributed by atoms with Crippen molar-refractivity contribution >= 4 is 5.78 Å². The summed E-state index contributed by atoms with van der Waals surface area (Å²) in [6, 6.07) is 4.94. The normalized spacial score (nSPS) is 23.0. The summed E-state index contributed by atoms with van der Waals surface area (Å²) in [4.78, 5) is 13.6. The fourth-order valence-corrected chi connectivity index (χ4v) is 4.42. The molecule has 5 rings (SSSR count). The number of phenols is 1. The second-order valence-electron chi connectivity index (χ2n) is 7.79. The third-order valence-corrected chi connectivity index (χ3v) is 5.95. The predicted octanol–water partition coefficient (Wildman–Crippen LogP) is 3.41. The number of fused-ring (bicyclic) bond motifs is 6. The Hall–Kier alpha value is -3.35. The Labute approximate surface area is 173 Å². The van der Waals surface area contributed by atoms with Crippen LogP contribution in [0.4, 0.5) is 0 Å². The van der Waals surface area contributed by atoms with E-state index < -0.39 is 12.0 Å². The maximum atomic E-state index is 13.6. The van der Waals surface area contributed by atoms with Crippen LogP contribution < -0.4 is 23.7 Å². The highest BCUT2D eigenvalue weighted by Gasteiger charge is 2.47. The first-order valence-corrected chi connectivity index (χ1v) is 9.73.